The molecule has 0 unspecified atom stereocenters. The van der Waals surface area contributed by atoms with Crippen molar-refractivity contribution in [2.75, 3.05) is 18.8 Å². The Morgan fingerprint density at radius 2 is 2.13 bits per heavy atom. The number of para-hydroxylation sites is 1. The number of thioether (sulfide) groups is 1. The fraction of sp³-hybridized carbons (Fsp3) is 0.200. The van der Waals surface area contributed by atoms with Crippen molar-refractivity contribution in [1.82, 2.24) is 10.2 Å². The van der Waals surface area contributed by atoms with Crippen LogP contribution in [0.15, 0.2) is 39.5 Å². The van der Waals surface area contributed by atoms with Gasteiger partial charge >= 0.3 is 5.63 Å². The lowest BCUT2D eigenvalue weighted by Gasteiger charge is -2.14. The number of carbonyl (C=O) groups is 2. The first-order valence-corrected chi connectivity index (χ1v) is 8.24. The molecule has 1 aromatic carbocycles. The molecule has 0 spiro atoms. The van der Waals surface area contributed by atoms with Crippen LogP contribution in [0.5, 0.6) is 0 Å². The Morgan fingerprint density at radius 1 is 1.35 bits per heavy atom. The number of carbonyl (C=O) groups excluding carboxylic acids is 2. The van der Waals surface area contributed by atoms with Crippen LogP contribution in [0.25, 0.3) is 11.0 Å². The lowest BCUT2D eigenvalue weighted by molar-refractivity contribution is -0.123. The summed E-state index contributed by atoms with van der Waals surface area (Å²) >= 11 is 6.36. The second kappa shape index (κ2) is 6.51. The summed E-state index contributed by atoms with van der Waals surface area (Å²) in [5, 5.41) is 3.28. The predicted octanol–water partition coefficient (Wildman–Crippen LogP) is 1.38. The first kappa shape index (κ1) is 15.7. The van der Waals surface area contributed by atoms with Gasteiger partial charge in [0, 0.05) is 18.5 Å². The molecule has 118 valence electrons. The largest absolute Gasteiger partial charge is 0.422 e. The summed E-state index contributed by atoms with van der Waals surface area (Å²) in [5.74, 6) is -0.268. The number of nitrogens with one attached hydrogen (secondary N) is 1. The molecule has 1 aliphatic heterocycles. The highest BCUT2D eigenvalue weighted by molar-refractivity contribution is 8.23. The molecule has 8 heteroatoms. The number of nitrogens with zero attached hydrogens (tertiary/aromatic N) is 1. The summed E-state index contributed by atoms with van der Waals surface area (Å²) in [7, 11) is 0. The van der Waals surface area contributed by atoms with Gasteiger partial charge in [0.25, 0.3) is 5.91 Å². The van der Waals surface area contributed by atoms with E-state index in [0.29, 0.717) is 21.0 Å². The zero-order valence-electron chi connectivity index (χ0n) is 11.9. The smallest absolute Gasteiger partial charge is 0.349 e. The van der Waals surface area contributed by atoms with Gasteiger partial charge in [0.1, 0.15) is 15.5 Å². The van der Waals surface area contributed by atoms with E-state index in [1.165, 1.54) is 22.7 Å². The van der Waals surface area contributed by atoms with Crippen LogP contribution >= 0.6 is 24.0 Å². The second-order valence-electron chi connectivity index (χ2n) is 4.84. The van der Waals surface area contributed by atoms with Crippen LogP contribution in [0, 0.1) is 0 Å². The second-order valence-corrected chi connectivity index (χ2v) is 6.45. The fourth-order valence-corrected chi connectivity index (χ4v) is 3.32. The summed E-state index contributed by atoms with van der Waals surface area (Å²) in [4.78, 5) is 37.0. The quantitative estimate of drug-likeness (QED) is 0.664. The Balaban J connectivity index is 1.69. The first-order valence-electron chi connectivity index (χ1n) is 6.84. The molecule has 3 rings (SSSR count). The van der Waals surface area contributed by atoms with Gasteiger partial charge in [-0.2, -0.15) is 0 Å². The highest BCUT2D eigenvalue weighted by atomic mass is 32.2. The third-order valence-electron chi connectivity index (χ3n) is 3.35. The van der Waals surface area contributed by atoms with Crippen LogP contribution < -0.4 is 10.9 Å². The average Bonchev–Trinajstić information content (AvgIpc) is 2.86. The van der Waals surface area contributed by atoms with E-state index in [0.717, 1.165) is 0 Å². The lowest BCUT2D eigenvalue weighted by atomic mass is 10.2. The highest BCUT2D eigenvalue weighted by Crippen LogP contribution is 2.18. The Hall–Kier alpha value is -2.19. The molecule has 1 N–H and O–H groups in total. The van der Waals surface area contributed by atoms with Gasteiger partial charge in [-0.05, 0) is 12.1 Å². The van der Waals surface area contributed by atoms with Gasteiger partial charge in [0.05, 0.1) is 5.75 Å². The molecule has 1 saturated heterocycles. The van der Waals surface area contributed by atoms with Crippen molar-refractivity contribution in [3.05, 3.63) is 46.3 Å². The normalized spacial score (nSPS) is 14.5. The standard InChI is InChI=1S/C15H12N2O4S2/c18-12-8-23-15(22)17(12)6-5-16-13(19)10-7-9-3-1-2-4-11(9)21-14(10)20/h1-4,7H,5-6,8H2,(H,16,19). The van der Waals surface area contributed by atoms with Crippen molar-refractivity contribution in [2.45, 2.75) is 0 Å². The van der Waals surface area contributed by atoms with Crippen molar-refractivity contribution < 1.29 is 14.0 Å². The molecule has 2 amide bonds. The number of rotatable bonds is 4. The number of amides is 2. The zero-order chi connectivity index (χ0) is 16.4. The van der Waals surface area contributed by atoms with Gasteiger partial charge < -0.3 is 9.73 Å². The minimum Gasteiger partial charge on any atom is -0.422 e. The van der Waals surface area contributed by atoms with E-state index in [9.17, 15) is 14.4 Å². The van der Waals surface area contributed by atoms with Crippen molar-refractivity contribution in [1.29, 1.82) is 0 Å². The molecule has 0 atom stereocenters. The predicted molar refractivity (Wildman–Crippen MR) is 91.6 cm³/mol. The van der Waals surface area contributed by atoms with Crippen molar-refractivity contribution in [2.24, 2.45) is 0 Å². The van der Waals surface area contributed by atoms with Crippen LogP contribution in [0.4, 0.5) is 0 Å². The molecular weight excluding hydrogens is 336 g/mol. The molecular formula is C15H12N2O4S2. The van der Waals surface area contributed by atoms with Gasteiger partial charge in [-0.1, -0.05) is 42.2 Å². The van der Waals surface area contributed by atoms with Crippen LogP contribution in [0.1, 0.15) is 10.4 Å². The summed E-state index contributed by atoms with van der Waals surface area (Å²) in [6, 6.07) is 8.46. The summed E-state index contributed by atoms with van der Waals surface area (Å²) in [6.07, 6.45) is 0. The molecule has 1 aliphatic rings. The van der Waals surface area contributed by atoms with E-state index >= 15 is 0 Å². The topological polar surface area (TPSA) is 79.6 Å². The monoisotopic (exact) mass is 348 g/mol. The van der Waals surface area contributed by atoms with E-state index < -0.39 is 11.5 Å². The van der Waals surface area contributed by atoms with Crippen LogP contribution in [0.2, 0.25) is 0 Å². The van der Waals surface area contributed by atoms with Gasteiger partial charge in [0.2, 0.25) is 5.91 Å². The maximum Gasteiger partial charge on any atom is 0.349 e. The zero-order valence-corrected chi connectivity index (χ0v) is 13.5. The van der Waals surface area contributed by atoms with Crippen LogP contribution in [0.3, 0.4) is 0 Å². The third-order valence-corrected chi connectivity index (χ3v) is 4.78. The van der Waals surface area contributed by atoms with Crippen molar-refractivity contribution in [3.63, 3.8) is 0 Å². The maximum absolute atomic E-state index is 12.1. The van der Waals surface area contributed by atoms with Crippen LogP contribution in [-0.2, 0) is 4.79 Å². The summed E-state index contributed by atoms with van der Waals surface area (Å²) in [5.41, 5.74) is -0.322. The number of hydrogen-bond donors (Lipinski definition) is 1. The number of hydrogen-bond acceptors (Lipinski definition) is 6. The molecule has 0 aliphatic carbocycles. The Labute approximate surface area is 140 Å². The van der Waals surface area contributed by atoms with Gasteiger partial charge in [-0.3, -0.25) is 14.5 Å². The molecule has 6 nitrogen and oxygen atoms in total. The molecule has 1 aromatic heterocycles. The highest BCUT2D eigenvalue weighted by Gasteiger charge is 2.26. The first-order chi connectivity index (χ1) is 11.1. The van der Waals surface area contributed by atoms with E-state index in [2.05, 4.69) is 5.32 Å². The number of thiocarbonyl (C=S) groups is 1. The molecule has 2 aromatic rings. The molecule has 0 saturated carbocycles. The number of benzene rings is 1. The minimum absolute atomic E-state index is 0.0617. The van der Waals surface area contributed by atoms with E-state index in [1.54, 1.807) is 24.3 Å². The maximum atomic E-state index is 12.1. The van der Waals surface area contributed by atoms with E-state index in [4.69, 9.17) is 16.6 Å². The molecule has 2 heterocycles. The average molecular weight is 348 g/mol. The fourth-order valence-electron chi connectivity index (χ4n) is 2.19. The van der Waals surface area contributed by atoms with E-state index in [-0.39, 0.29) is 24.6 Å². The van der Waals surface area contributed by atoms with Crippen molar-refractivity contribution in [3.8, 4) is 0 Å². The van der Waals surface area contributed by atoms with Gasteiger partial charge in [0.15, 0.2) is 0 Å². The number of fused-ring (bicyclic) bond motifs is 1. The van der Waals surface area contributed by atoms with E-state index in [1.807, 2.05) is 0 Å². The third kappa shape index (κ3) is 3.27. The Kier molecular flexibility index (Phi) is 4.44. The van der Waals surface area contributed by atoms with Crippen molar-refractivity contribution >= 4 is 51.1 Å². The molecule has 1 fully saturated rings. The summed E-state index contributed by atoms with van der Waals surface area (Å²) < 4.78 is 5.63. The Bertz CT molecular complexity index is 846. The minimum atomic E-state index is -0.690. The SMILES string of the molecule is O=C(NCCN1C(=O)CSC1=S)c1cc2ccccc2oc1=O. The van der Waals surface area contributed by atoms with Crippen LogP contribution in [-0.4, -0.2) is 39.9 Å². The molecule has 0 radical (unpaired) electrons. The Morgan fingerprint density at radius 3 is 2.87 bits per heavy atom. The summed E-state index contributed by atoms with van der Waals surface area (Å²) in [6.45, 7) is 0.493. The van der Waals surface area contributed by atoms with Gasteiger partial charge in [-0.15, -0.1) is 0 Å². The molecule has 23 heavy (non-hydrogen) atoms. The van der Waals surface area contributed by atoms with Gasteiger partial charge in [-0.25, -0.2) is 4.79 Å². The molecule has 0 bridgehead atoms. The lowest BCUT2D eigenvalue weighted by Crippen LogP contribution is -2.38.